The molecule has 0 saturated carbocycles. The summed E-state index contributed by atoms with van der Waals surface area (Å²) >= 11 is 0. The molecule has 0 bridgehead atoms. The van der Waals surface area contributed by atoms with Gasteiger partial charge >= 0.3 is 0 Å². The van der Waals surface area contributed by atoms with Gasteiger partial charge in [0.15, 0.2) is 0 Å². The molecule has 1 atom stereocenters. The molecule has 3 heteroatoms. The Morgan fingerprint density at radius 1 is 1.24 bits per heavy atom. The minimum Gasteiger partial charge on any atom is -0.348 e. The lowest BCUT2D eigenvalue weighted by Gasteiger charge is -2.17. The lowest BCUT2D eigenvalue weighted by atomic mass is 10.0. The number of amides is 1. The van der Waals surface area contributed by atoms with E-state index in [-0.39, 0.29) is 11.9 Å². The van der Waals surface area contributed by atoms with Crippen molar-refractivity contribution in [3.05, 3.63) is 34.9 Å². The fourth-order valence-electron chi connectivity index (χ4n) is 1.78. The van der Waals surface area contributed by atoms with Crippen LogP contribution >= 0.6 is 0 Å². The van der Waals surface area contributed by atoms with Crippen LogP contribution in [0.3, 0.4) is 0 Å². The van der Waals surface area contributed by atoms with Crippen LogP contribution < -0.4 is 5.32 Å². The quantitative estimate of drug-likeness (QED) is 0.864. The van der Waals surface area contributed by atoms with E-state index in [1.807, 2.05) is 0 Å². The van der Waals surface area contributed by atoms with Crippen molar-refractivity contribution in [3.63, 3.8) is 0 Å². The number of carbonyl (C=O) groups excluding carboxylic acids is 1. The summed E-state index contributed by atoms with van der Waals surface area (Å²) in [5.74, 6) is 0.0984. The molecule has 3 nitrogen and oxygen atoms in total. The molecule has 0 aliphatic heterocycles. The van der Waals surface area contributed by atoms with Crippen molar-refractivity contribution in [3.8, 4) is 0 Å². The zero-order valence-corrected chi connectivity index (χ0v) is 11.4. The number of rotatable bonds is 4. The maximum atomic E-state index is 11.5. The highest BCUT2D eigenvalue weighted by molar-refractivity contribution is 5.77. The third-order valence-corrected chi connectivity index (χ3v) is 2.80. The van der Waals surface area contributed by atoms with Crippen molar-refractivity contribution in [2.24, 2.45) is 0 Å². The molecule has 0 aliphatic carbocycles. The lowest BCUT2D eigenvalue weighted by Crippen LogP contribution is -2.34. The maximum Gasteiger partial charge on any atom is 0.236 e. The number of carbonyl (C=O) groups is 1. The molecule has 1 aromatic rings. The molecule has 1 aromatic carbocycles. The SMILES string of the molecule is Cc1cc(C)cc(C(C)NCC(=O)N(C)C)c1. The van der Waals surface area contributed by atoms with Crippen LogP contribution in [0.5, 0.6) is 0 Å². The summed E-state index contributed by atoms with van der Waals surface area (Å²) in [6, 6.07) is 6.66. The molecule has 0 aromatic heterocycles. The molecule has 1 unspecified atom stereocenters. The molecule has 0 fully saturated rings. The van der Waals surface area contributed by atoms with Gasteiger partial charge in [0.05, 0.1) is 6.54 Å². The van der Waals surface area contributed by atoms with Gasteiger partial charge in [0.2, 0.25) is 5.91 Å². The summed E-state index contributed by atoms with van der Waals surface area (Å²) in [6.45, 7) is 6.64. The average molecular weight is 234 g/mol. The van der Waals surface area contributed by atoms with Gasteiger partial charge in [-0.1, -0.05) is 29.3 Å². The number of likely N-dealkylation sites (N-methyl/N-ethyl adjacent to an activating group) is 1. The Morgan fingerprint density at radius 2 is 1.76 bits per heavy atom. The molecule has 94 valence electrons. The summed E-state index contributed by atoms with van der Waals surface area (Å²) in [7, 11) is 3.54. The third-order valence-electron chi connectivity index (χ3n) is 2.80. The molecule has 17 heavy (non-hydrogen) atoms. The third kappa shape index (κ3) is 4.19. The standard InChI is InChI=1S/C14H22N2O/c1-10-6-11(2)8-13(7-10)12(3)15-9-14(17)16(4)5/h6-8,12,15H,9H2,1-5H3. The van der Waals surface area contributed by atoms with Crippen LogP contribution in [0.2, 0.25) is 0 Å². The van der Waals surface area contributed by atoms with Gasteiger partial charge in [-0.05, 0) is 26.3 Å². The van der Waals surface area contributed by atoms with Crippen LogP contribution in [0.1, 0.15) is 29.7 Å². The second-order valence-electron chi connectivity index (χ2n) is 4.81. The Kier molecular flexibility index (Phi) is 4.70. The fraction of sp³-hybridized carbons (Fsp3) is 0.500. The average Bonchev–Trinajstić information content (AvgIpc) is 2.23. The van der Waals surface area contributed by atoms with Crippen molar-refractivity contribution in [2.45, 2.75) is 26.8 Å². The fourth-order valence-corrected chi connectivity index (χ4v) is 1.78. The Labute approximate surface area is 104 Å². The van der Waals surface area contributed by atoms with Crippen molar-refractivity contribution in [1.82, 2.24) is 10.2 Å². The Balaban J connectivity index is 2.63. The predicted octanol–water partition coefficient (Wildman–Crippen LogP) is 2.04. The highest BCUT2D eigenvalue weighted by atomic mass is 16.2. The van der Waals surface area contributed by atoms with Crippen molar-refractivity contribution >= 4 is 5.91 Å². The number of hydrogen-bond acceptors (Lipinski definition) is 2. The molecular weight excluding hydrogens is 212 g/mol. The molecule has 1 N–H and O–H groups in total. The van der Waals surface area contributed by atoms with E-state index in [0.29, 0.717) is 6.54 Å². The summed E-state index contributed by atoms with van der Waals surface area (Å²) in [5.41, 5.74) is 3.74. The molecule has 0 heterocycles. The Hall–Kier alpha value is -1.35. The second-order valence-corrected chi connectivity index (χ2v) is 4.81. The molecule has 0 aliphatic rings. The van der Waals surface area contributed by atoms with Crippen molar-refractivity contribution in [1.29, 1.82) is 0 Å². The monoisotopic (exact) mass is 234 g/mol. The van der Waals surface area contributed by atoms with Gasteiger partial charge in [-0.15, -0.1) is 0 Å². The Morgan fingerprint density at radius 3 is 2.24 bits per heavy atom. The van der Waals surface area contributed by atoms with E-state index in [9.17, 15) is 4.79 Å². The highest BCUT2D eigenvalue weighted by Gasteiger charge is 2.09. The number of nitrogens with zero attached hydrogens (tertiary/aromatic N) is 1. The molecule has 0 radical (unpaired) electrons. The maximum absolute atomic E-state index is 11.5. The lowest BCUT2D eigenvalue weighted by molar-refractivity contribution is -0.127. The Bertz CT molecular complexity index is 379. The van der Waals surface area contributed by atoms with Gasteiger partial charge in [0.25, 0.3) is 0 Å². The minimum absolute atomic E-state index is 0.0984. The molecule has 0 saturated heterocycles. The first-order chi connectivity index (χ1) is 7.90. The largest absolute Gasteiger partial charge is 0.348 e. The molecular formula is C14H22N2O. The first kappa shape index (κ1) is 13.7. The topological polar surface area (TPSA) is 32.3 Å². The number of nitrogens with one attached hydrogen (secondary N) is 1. The van der Waals surface area contributed by atoms with Crippen LogP contribution in [-0.2, 0) is 4.79 Å². The highest BCUT2D eigenvalue weighted by Crippen LogP contribution is 2.16. The zero-order valence-electron chi connectivity index (χ0n) is 11.4. The van der Waals surface area contributed by atoms with E-state index in [2.05, 4.69) is 44.3 Å². The van der Waals surface area contributed by atoms with E-state index in [1.54, 1.807) is 19.0 Å². The summed E-state index contributed by atoms with van der Waals surface area (Å²) in [6.07, 6.45) is 0. The van der Waals surface area contributed by atoms with Gasteiger partial charge in [0.1, 0.15) is 0 Å². The van der Waals surface area contributed by atoms with Crippen LogP contribution in [0.25, 0.3) is 0 Å². The number of benzene rings is 1. The van der Waals surface area contributed by atoms with E-state index in [4.69, 9.17) is 0 Å². The van der Waals surface area contributed by atoms with Crippen LogP contribution in [0, 0.1) is 13.8 Å². The van der Waals surface area contributed by atoms with Crippen LogP contribution in [0.15, 0.2) is 18.2 Å². The van der Waals surface area contributed by atoms with E-state index < -0.39 is 0 Å². The summed E-state index contributed by atoms with van der Waals surface area (Å²) in [4.78, 5) is 13.1. The van der Waals surface area contributed by atoms with E-state index >= 15 is 0 Å². The van der Waals surface area contributed by atoms with Crippen molar-refractivity contribution < 1.29 is 4.79 Å². The predicted molar refractivity (Wildman–Crippen MR) is 71.0 cm³/mol. The van der Waals surface area contributed by atoms with Crippen LogP contribution in [-0.4, -0.2) is 31.4 Å². The second kappa shape index (κ2) is 5.82. The normalized spacial score (nSPS) is 12.3. The van der Waals surface area contributed by atoms with Gasteiger partial charge in [-0.25, -0.2) is 0 Å². The molecule has 1 amide bonds. The van der Waals surface area contributed by atoms with E-state index in [1.165, 1.54) is 16.7 Å². The van der Waals surface area contributed by atoms with Gasteiger partial charge < -0.3 is 10.2 Å². The van der Waals surface area contributed by atoms with Crippen molar-refractivity contribution in [2.75, 3.05) is 20.6 Å². The van der Waals surface area contributed by atoms with Gasteiger partial charge in [-0.2, -0.15) is 0 Å². The zero-order chi connectivity index (χ0) is 13.0. The first-order valence-electron chi connectivity index (χ1n) is 5.92. The summed E-state index contributed by atoms with van der Waals surface area (Å²) < 4.78 is 0. The molecule has 1 rings (SSSR count). The number of hydrogen-bond donors (Lipinski definition) is 1. The minimum atomic E-state index is 0.0984. The number of aryl methyl sites for hydroxylation is 2. The van der Waals surface area contributed by atoms with Gasteiger partial charge in [0, 0.05) is 20.1 Å². The van der Waals surface area contributed by atoms with E-state index in [0.717, 1.165) is 0 Å². The first-order valence-corrected chi connectivity index (χ1v) is 5.92. The van der Waals surface area contributed by atoms with Gasteiger partial charge in [-0.3, -0.25) is 4.79 Å². The van der Waals surface area contributed by atoms with Crippen LogP contribution in [0.4, 0.5) is 0 Å². The summed E-state index contributed by atoms with van der Waals surface area (Å²) in [5, 5.41) is 3.24. The molecule has 0 spiro atoms. The smallest absolute Gasteiger partial charge is 0.236 e.